The molecule has 0 aliphatic rings. The lowest BCUT2D eigenvalue weighted by atomic mass is 10.1. The fourth-order valence-electron chi connectivity index (χ4n) is 2.46. The van der Waals surface area contributed by atoms with Crippen LogP contribution in [0.1, 0.15) is 16.9 Å². The van der Waals surface area contributed by atoms with Crippen LogP contribution in [0.3, 0.4) is 0 Å². The fourth-order valence-corrected chi connectivity index (χ4v) is 2.92. The van der Waals surface area contributed by atoms with Gasteiger partial charge in [-0.2, -0.15) is 0 Å². The van der Waals surface area contributed by atoms with Crippen LogP contribution >= 0.6 is 15.9 Å². The summed E-state index contributed by atoms with van der Waals surface area (Å²) >= 11 is 3.20. The van der Waals surface area contributed by atoms with E-state index in [0.29, 0.717) is 11.0 Å². The van der Waals surface area contributed by atoms with E-state index in [1.807, 2.05) is 38.1 Å². The summed E-state index contributed by atoms with van der Waals surface area (Å²) in [7, 11) is 0. The van der Waals surface area contributed by atoms with Crippen molar-refractivity contribution in [2.75, 3.05) is 5.32 Å². The number of hydrogen-bond acceptors (Lipinski definition) is 2. The molecular formula is C17H15BrFNO. The van der Waals surface area contributed by atoms with E-state index in [1.54, 1.807) is 6.07 Å². The molecule has 2 aromatic carbocycles. The van der Waals surface area contributed by atoms with Crippen molar-refractivity contribution in [3.63, 3.8) is 0 Å². The van der Waals surface area contributed by atoms with Crippen LogP contribution in [0.4, 0.5) is 10.1 Å². The molecule has 0 unspecified atom stereocenters. The molecule has 108 valence electrons. The highest BCUT2D eigenvalue weighted by atomic mass is 79.9. The number of halogens is 2. The molecular weight excluding hydrogens is 333 g/mol. The molecule has 0 saturated heterocycles. The second kappa shape index (κ2) is 5.53. The first-order chi connectivity index (χ1) is 10.1. The van der Waals surface area contributed by atoms with Crippen molar-refractivity contribution < 1.29 is 8.81 Å². The van der Waals surface area contributed by atoms with Crippen molar-refractivity contribution in [1.29, 1.82) is 0 Å². The minimum absolute atomic E-state index is 0.267. The molecule has 0 spiro atoms. The molecule has 0 aliphatic heterocycles. The number of aryl methyl sites for hydroxylation is 2. The van der Waals surface area contributed by atoms with Gasteiger partial charge >= 0.3 is 0 Å². The zero-order valence-electron chi connectivity index (χ0n) is 11.8. The molecule has 21 heavy (non-hydrogen) atoms. The molecule has 1 aromatic heterocycles. The van der Waals surface area contributed by atoms with Gasteiger partial charge in [-0.25, -0.2) is 4.39 Å². The number of nitrogens with one attached hydrogen (secondary N) is 1. The normalized spacial score (nSPS) is 11.0. The molecule has 4 heteroatoms. The minimum atomic E-state index is -0.267. The Hall–Kier alpha value is -1.81. The van der Waals surface area contributed by atoms with Crippen molar-refractivity contribution in [3.05, 3.63) is 63.6 Å². The van der Waals surface area contributed by atoms with E-state index in [-0.39, 0.29) is 5.82 Å². The Morgan fingerprint density at radius 2 is 1.95 bits per heavy atom. The van der Waals surface area contributed by atoms with Crippen LogP contribution < -0.4 is 5.32 Å². The summed E-state index contributed by atoms with van der Waals surface area (Å²) in [4.78, 5) is 0. The monoisotopic (exact) mass is 347 g/mol. The quantitative estimate of drug-likeness (QED) is 0.670. The second-order valence-electron chi connectivity index (χ2n) is 5.07. The molecule has 3 aromatic rings. The third kappa shape index (κ3) is 2.68. The maximum absolute atomic E-state index is 13.7. The summed E-state index contributed by atoms with van der Waals surface area (Å²) in [5, 5.41) is 4.39. The standard InChI is InChI=1S/C17H15BrFNO/c1-10-7-14(18)15(19)8-16(10)20-9-13-11(2)21-17-6-4-3-5-12(13)17/h3-8,20H,9H2,1-2H3. The third-order valence-electron chi connectivity index (χ3n) is 3.62. The topological polar surface area (TPSA) is 25.2 Å². The maximum Gasteiger partial charge on any atom is 0.139 e. The summed E-state index contributed by atoms with van der Waals surface area (Å²) in [6.45, 7) is 4.50. The van der Waals surface area contributed by atoms with Gasteiger partial charge in [-0.05, 0) is 53.5 Å². The fraction of sp³-hybridized carbons (Fsp3) is 0.176. The molecule has 0 atom stereocenters. The second-order valence-corrected chi connectivity index (χ2v) is 5.92. The lowest BCUT2D eigenvalue weighted by Gasteiger charge is -2.10. The van der Waals surface area contributed by atoms with Crippen LogP contribution in [0.5, 0.6) is 0 Å². The maximum atomic E-state index is 13.7. The van der Waals surface area contributed by atoms with Gasteiger partial charge in [-0.15, -0.1) is 0 Å². The summed E-state index contributed by atoms with van der Waals surface area (Å²) in [6.07, 6.45) is 0. The van der Waals surface area contributed by atoms with Crippen molar-refractivity contribution in [2.45, 2.75) is 20.4 Å². The summed E-state index contributed by atoms with van der Waals surface area (Å²) in [6, 6.07) is 11.2. The Kier molecular flexibility index (Phi) is 3.72. The number of anilines is 1. The summed E-state index contributed by atoms with van der Waals surface area (Å²) in [5.74, 6) is 0.621. The molecule has 2 nitrogen and oxygen atoms in total. The van der Waals surface area contributed by atoms with Gasteiger partial charge in [0.05, 0.1) is 4.47 Å². The van der Waals surface area contributed by atoms with Gasteiger partial charge in [0.15, 0.2) is 0 Å². The number of benzene rings is 2. The summed E-state index contributed by atoms with van der Waals surface area (Å²) in [5.41, 5.74) is 3.77. The number of fused-ring (bicyclic) bond motifs is 1. The lowest BCUT2D eigenvalue weighted by molar-refractivity contribution is 0.573. The lowest BCUT2D eigenvalue weighted by Crippen LogP contribution is -2.02. The van der Waals surface area contributed by atoms with E-state index >= 15 is 0 Å². The van der Waals surface area contributed by atoms with E-state index in [4.69, 9.17) is 4.42 Å². The molecule has 0 amide bonds. The average molecular weight is 348 g/mol. The number of para-hydroxylation sites is 1. The largest absolute Gasteiger partial charge is 0.461 e. The number of hydrogen-bond donors (Lipinski definition) is 1. The Balaban J connectivity index is 1.90. The van der Waals surface area contributed by atoms with Crippen molar-refractivity contribution in [3.8, 4) is 0 Å². The zero-order valence-corrected chi connectivity index (χ0v) is 13.4. The molecule has 1 heterocycles. The van der Waals surface area contributed by atoms with Crippen LogP contribution in [0.25, 0.3) is 11.0 Å². The zero-order chi connectivity index (χ0) is 15.0. The third-order valence-corrected chi connectivity index (χ3v) is 4.23. The molecule has 0 radical (unpaired) electrons. The van der Waals surface area contributed by atoms with Crippen molar-refractivity contribution in [2.24, 2.45) is 0 Å². The van der Waals surface area contributed by atoms with E-state index in [0.717, 1.165) is 33.5 Å². The SMILES string of the molecule is Cc1cc(Br)c(F)cc1NCc1c(C)oc2ccccc12. The first kappa shape index (κ1) is 14.1. The van der Waals surface area contributed by atoms with E-state index in [9.17, 15) is 4.39 Å². The minimum Gasteiger partial charge on any atom is -0.461 e. The molecule has 1 N–H and O–H groups in total. The molecule has 0 fully saturated rings. The van der Waals surface area contributed by atoms with Gasteiger partial charge in [-0.1, -0.05) is 18.2 Å². The summed E-state index contributed by atoms with van der Waals surface area (Å²) < 4.78 is 19.9. The molecule has 0 saturated carbocycles. The Morgan fingerprint density at radius 1 is 1.19 bits per heavy atom. The van der Waals surface area contributed by atoms with Crippen LogP contribution in [0, 0.1) is 19.7 Å². The number of furan rings is 1. The molecule has 0 bridgehead atoms. The van der Waals surface area contributed by atoms with E-state index in [1.165, 1.54) is 6.07 Å². The van der Waals surface area contributed by atoms with E-state index in [2.05, 4.69) is 21.2 Å². The van der Waals surface area contributed by atoms with Gasteiger partial charge in [0.1, 0.15) is 17.2 Å². The first-order valence-electron chi connectivity index (χ1n) is 6.73. The highest BCUT2D eigenvalue weighted by molar-refractivity contribution is 9.10. The van der Waals surface area contributed by atoms with Crippen LogP contribution in [0.15, 0.2) is 45.3 Å². The highest BCUT2D eigenvalue weighted by Gasteiger charge is 2.11. The predicted octanol–water partition coefficient (Wildman–Crippen LogP) is 5.56. The average Bonchev–Trinajstić information content (AvgIpc) is 2.77. The van der Waals surface area contributed by atoms with Gasteiger partial charge in [-0.3, -0.25) is 0 Å². The Labute approximate surface area is 131 Å². The smallest absolute Gasteiger partial charge is 0.139 e. The molecule has 3 rings (SSSR count). The van der Waals surface area contributed by atoms with E-state index < -0.39 is 0 Å². The van der Waals surface area contributed by atoms with Gasteiger partial charge in [0.2, 0.25) is 0 Å². The van der Waals surface area contributed by atoms with Crippen LogP contribution in [-0.4, -0.2) is 0 Å². The van der Waals surface area contributed by atoms with Gasteiger partial charge < -0.3 is 9.73 Å². The van der Waals surface area contributed by atoms with Crippen LogP contribution in [-0.2, 0) is 6.54 Å². The highest BCUT2D eigenvalue weighted by Crippen LogP contribution is 2.28. The molecule has 0 aliphatic carbocycles. The van der Waals surface area contributed by atoms with Gasteiger partial charge in [0.25, 0.3) is 0 Å². The Bertz CT molecular complexity index is 810. The number of rotatable bonds is 3. The van der Waals surface area contributed by atoms with Gasteiger partial charge in [0, 0.05) is 23.2 Å². The van der Waals surface area contributed by atoms with Crippen molar-refractivity contribution in [1.82, 2.24) is 0 Å². The van der Waals surface area contributed by atoms with Crippen LogP contribution in [0.2, 0.25) is 0 Å². The first-order valence-corrected chi connectivity index (χ1v) is 7.52. The van der Waals surface area contributed by atoms with Crippen molar-refractivity contribution >= 4 is 32.6 Å². The predicted molar refractivity (Wildman–Crippen MR) is 87.1 cm³/mol. The Morgan fingerprint density at radius 3 is 2.76 bits per heavy atom.